The predicted octanol–water partition coefficient (Wildman–Crippen LogP) is 5.38. The van der Waals surface area contributed by atoms with Gasteiger partial charge in [0, 0.05) is 11.3 Å². The van der Waals surface area contributed by atoms with Gasteiger partial charge in [0.15, 0.2) is 5.17 Å². The van der Waals surface area contributed by atoms with Crippen LogP contribution in [0.4, 0.5) is 0 Å². The van der Waals surface area contributed by atoms with Gasteiger partial charge in [0.1, 0.15) is 18.1 Å². The van der Waals surface area contributed by atoms with Gasteiger partial charge in [0.2, 0.25) is 5.76 Å². The molecule has 0 radical (unpaired) electrons. The van der Waals surface area contributed by atoms with Gasteiger partial charge in [-0.25, -0.2) is 4.79 Å². The molecule has 0 aliphatic carbocycles. The van der Waals surface area contributed by atoms with Gasteiger partial charge < -0.3 is 19.6 Å². The number of rotatable bonds is 8. The summed E-state index contributed by atoms with van der Waals surface area (Å²) in [6.07, 6.45) is 1.63. The Morgan fingerprint density at radius 1 is 1.03 bits per heavy atom. The normalized spacial score (nSPS) is 11.7. The van der Waals surface area contributed by atoms with Crippen LogP contribution in [0, 0.1) is 0 Å². The maximum Gasteiger partial charge on any atom is 0.373 e. The fraction of sp³-hybridized carbons (Fsp3) is 0.115. The van der Waals surface area contributed by atoms with Crippen molar-refractivity contribution in [3.8, 4) is 5.75 Å². The van der Waals surface area contributed by atoms with Crippen LogP contribution in [0.1, 0.15) is 27.4 Å². The topological polar surface area (TPSA) is 99.4 Å². The van der Waals surface area contributed by atoms with Gasteiger partial charge in [-0.2, -0.15) is 5.10 Å². The van der Waals surface area contributed by atoms with E-state index in [1.165, 1.54) is 18.9 Å². The van der Waals surface area contributed by atoms with E-state index in [1.807, 2.05) is 66.7 Å². The number of carbonyl (C=O) groups is 1. The van der Waals surface area contributed by atoms with Crippen LogP contribution in [-0.4, -0.2) is 24.5 Å². The largest absolute Gasteiger partial charge is 0.485 e. The zero-order chi connectivity index (χ0) is 23.8. The van der Waals surface area contributed by atoms with Gasteiger partial charge in [-0.3, -0.25) is 0 Å². The summed E-state index contributed by atoms with van der Waals surface area (Å²) in [6, 6.07) is 25.0. The Bertz CT molecular complexity index is 1330. The third-order valence-corrected chi connectivity index (χ3v) is 5.78. The summed E-state index contributed by atoms with van der Waals surface area (Å²) in [5.74, 6) is 1.40. The molecule has 4 aromatic rings. The number of hydrogen-bond donors (Lipinski definition) is 1. The van der Waals surface area contributed by atoms with Crippen LogP contribution in [0.3, 0.4) is 0 Å². The van der Waals surface area contributed by atoms with Crippen LogP contribution in [0.15, 0.2) is 93.5 Å². The quantitative estimate of drug-likeness (QED) is 0.160. The van der Waals surface area contributed by atoms with E-state index in [0.29, 0.717) is 22.4 Å². The Balaban J connectivity index is 1.51. The number of hydrogen-bond acceptors (Lipinski definition) is 7. The van der Waals surface area contributed by atoms with E-state index in [9.17, 15) is 4.79 Å². The lowest BCUT2D eigenvalue weighted by Gasteiger charge is -2.10. The van der Waals surface area contributed by atoms with E-state index >= 15 is 0 Å². The molecule has 0 unspecified atom stereocenters. The molecule has 1 heterocycles. The van der Waals surface area contributed by atoms with Crippen LogP contribution in [-0.2, 0) is 17.1 Å². The van der Waals surface area contributed by atoms with Crippen molar-refractivity contribution in [3.05, 3.63) is 102 Å². The summed E-state index contributed by atoms with van der Waals surface area (Å²) >= 11 is 1.42. The molecule has 1 aromatic heterocycles. The first-order valence-corrected chi connectivity index (χ1v) is 11.5. The molecule has 0 aliphatic heterocycles. The third kappa shape index (κ3) is 5.85. The summed E-state index contributed by atoms with van der Waals surface area (Å²) in [4.78, 5) is 11.6. The minimum absolute atomic E-state index is 0.124. The lowest BCUT2D eigenvalue weighted by Crippen LogP contribution is -2.06. The van der Waals surface area contributed by atoms with E-state index in [2.05, 4.69) is 14.9 Å². The van der Waals surface area contributed by atoms with Gasteiger partial charge in [-0.05, 0) is 34.5 Å². The number of carbonyl (C=O) groups excluding carboxylic acids is 1. The molecule has 8 heteroatoms. The van der Waals surface area contributed by atoms with E-state index in [-0.39, 0.29) is 12.4 Å². The number of amidine groups is 1. The van der Waals surface area contributed by atoms with Gasteiger partial charge in [-0.15, -0.1) is 5.10 Å². The van der Waals surface area contributed by atoms with Crippen molar-refractivity contribution < 1.29 is 18.7 Å². The van der Waals surface area contributed by atoms with E-state index < -0.39 is 5.97 Å². The van der Waals surface area contributed by atoms with E-state index in [4.69, 9.17) is 14.9 Å². The maximum atomic E-state index is 11.6. The molecule has 0 atom stereocenters. The summed E-state index contributed by atoms with van der Waals surface area (Å²) in [7, 11) is 1.30. The number of nitrogens with zero attached hydrogens (tertiary/aromatic N) is 2. The summed E-state index contributed by atoms with van der Waals surface area (Å²) in [5, 5.41) is 10.7. The summed E-state index contributed by atoms with van der Waals surface area (Å²) in [5.41, 5.74) is 7.95. The molecule has 0 aliphatic rings. The lowest BCUT2D eigenvalue weighted by atomic mass is 10.0. The number of nitrogens with two attached hydrogens (primary N) is 1. The zero-order valence-electron chi connectivity index (χ0n) is 18.5. The predicted molar refractivity (Wildman–Crippen MR) is 135 cm³/mol. The summed E-state index contributed by atoms with van der Waals surface area (Å²) < 4.78 is 16.2. The molecule has 34 heavy (non-hydrogen) atoms. The van der Waals surface area contributed by atoms with Crippen LogP contribution in [0.2, 0.25) is 0 Å². The van der Waals surface area contributed by atoms with Gasteiger partial charge in [0.25, 0.3) is 0 Å². The van der Waals surface area contributed by atoms with Crippen LogP contribution in [0.25, 0.3) is 10.8 Å². The fourth-order valence-electron chi connectivity index (χ4n) is 3.25. The van der Waals surface area contributed by atoms with Crippen molar-refractivity contribution in [3.63, 3.8) is 0 Å². The highest BCUT2D eigenvalue weighted by molar-refractivity contribution is 8.13. The van der Waals surface area contributed by atoms with Crippen molar-refractivity contribution in [2.45, 2.75) is 12.4 Å². The monoisotopic (exact) mass is 473 g/mol. The fourth-order valence-corrected chi connectivity index (χ4v) is 3.87. The minimum atomic E-state index is -0.537. The highest BCUT2D eigenvalue weighted by atomic mass is 32.2. The number of ether oxygens (including phenoxy) is 2. The Morgan fingerprint density at radius 3 is 2.65 bits per heavy atom. The second-order valence-corrected chi connectivity index (χ2v) is 8.20. The Morgan fingerprint density at radius 2 is 1.82 bits per heavy atom. The Kier molecular flexibility index (Phi) is 7.62. The number of thioether (sulfide) groups is 1. The minimum Gasteiger partial charge on any atom is -0.485 e. The molecule has 0 saturated carbocycles. The SMILES string of the molecule is COC(=O)c1ccc(COc2ccc3ccccc3c2C=NN=C(N)SCc2ccccc2)o1. The van der Waals surface area contributed by atoms with Crippen LogP contribution < -0.4 is 10.5 Å². The number of fused-ring (bicyclic) bond motifs is 1. The molecule has 0 saturated heterocycles. The first-order valence-electron chi connectivity index (χ1n) is 10.5. The van der Waals surface area contributed by atoms with Gasteiger partial charge in [-0.1, -0.05) is 72.4 Å². The van der Waals surface area contributed by atoms with E-state index in [0.717, 1.165) is 21.9 Å². The average molecular weight is 474 g/mol. The summed E-state index contributed by atoms with van der Waals surface area (Å²) in [6.45, 7) is 0.133. The standard InChI is InChI=1S/C26H23N3O4S/c1-31-25(30)24-14-12-20(33-24)16-32-23-13-11-19-9-5-6-10-21(19)22(23)15-28-29-26(27)34-17-18-7-3-2-4-8-18/h2-15H,16-17H2,1H3,(H2,27,29). The maximum absolute atomic E-state index is 11.6. The van der Waals surface area contributed by atoms with Crippen LogP contribution in [0.5, 0.6) is 5.75 Å². The van der Waals surface area contributed by atoms with Crippen molar-refractivity contribution in [2.75, 3.05) is 7.11 Å². The molecule has 2 N–H and O–H groups in total. The number of furan rings is 1. The Labute approximate surface area is 201 Å². The molecule has 4 rings (SSSR count). The van der Waals surface area contributed by atoms with Crippen LogP contribution >= 0.6 is 11.8 Å². The molecule has 0 amide bonds. The highest BCUT2D eigenvalue weighted by Gasteiger charge is 2.13. The Hall–Kier alpha value is -4.04. The number of esters is 1. The highest BCUT2D eigenvalue weighted by Crippen LogP contribution is 2.28. The number of methoxy groups -OCH3 is 1. The zero-order valence-corrected chi connectivity index (χ0v) is 19.3. The third-order valence-electron chi connectivity index (χ3n) is 4.92. The first kappa shape index (κ1) is 23.1. The molecule has 7 nitrogen and oxygen atoms in total. The second kappa shape index (κ2) is 11.2. The molecular formula is C26H23N3O4S. The van der Waals surface area contributed by atoms with Crippen molar-refractivity contribution in [1.29, 1.82) is 0 Å². The smallest absolute Gasteiger partial charge is 0.373 e. The van der Waals surface area contributed by atoms with Gasteiger partial charge in [0.05, 0.1) is 13.3 Å². The number of benzene rings is 3. The van der Waals surface area contributed by atoms with Crippen molar-refractivity contribution in [1.82, 2.24) is 0 Å². The first-order chi connectivity index (χ1) is 16.6. The van der Waals surface area contributed by atoms with Gasteiger partial charge >= 0.3 is 5.97 Å². The molecule has 0 fully saturated rings. The second-order valence-electron chi connectivity index (χ2n) is 7.20. The molecule has 3 aromatic carbocycles. The molecule has 172 valence electrons. The van der Waals surface area contributed by atoms with Crippen molar-refractivity contribution >= 4 is 39.9 Å². The lowest BCUT2D eigenvalue weighted by molar-refractivity contribution is 0.0561. The average Bonchev–Trinajstić information content (AvgIpc) is 3.36. The molecular weight excluding hydrogens is 450 g/mol. The molecule has 0 bridgehead atoms. The molecule has 0 spiro atoms. The van der Waals surface area contributed by atoms with E-state index in [1.54, 1.807) is 18.3 Å². The van der Waals surface area contributed by atoms with Crippen molar-refractivity contribution in [2.24, 2.45) is 15.9 Å².